The van der Waals surface area contributed by atoms with E-state index in [0.717, 1.165) is 11.3 Å². The lowest BCUT2D eigenvalue weighted by Gasteiger charge is -2.03. The predicted molar refractivity (Wildman–Crippen MR) is 93.3 cm³/mol. The number of Topliss-reactive ketones (excluding diaryl/α,β-unsaturated/α-hetero) is 1. The minimum atomic E-state index is -0.132. The maximum atomic E-state index is 11.9. The van der Waals surface area contributed by atoms with Gasteiger partial charge in [0.2, 0.25) is 5.91 Å². The van der Waals surface area contributed by atoms with Crippen molar-refractivity contribution >= 4 is 23.0 Å². The molecule has 0 saturated heterocycles. The van der Waals surface area contributed by atoms with Crippen LogP contribution < -0.4 is 5.32 Å². The number of amides is 1. The van der Waals surface area contributed by atoms with E-state index in [1.54, 1.807) is 16.9 Å². The Morgan fingerprint density at radius 2 is 1.92 bits per heavy atom. The van der Waals surface area contributed by atoms with Gasteiger partial charge in [-0.05, 0) is 23.6 Å². The van der Waals surface area contributed by atoms with E-state index >= 15 is 0 Å². The molecular formula is C18H17N3O2S. The molecule has 0 bridgehead atoms. The highest BCUT2D eigenvalue weighted by Gasteiger charge is 2.10. The summed E-state index contributed by atoms with van der Waals surface area (Å²) in [4.78, 5) is 24.4. The van der Waals surface area contributed by atoms with Crippen molar-refractivity contribution in [3.8, 4) is 5.69 Å². The van der Waals surface area contributed by atoms with E-state index < -0.39 is 0 Å². The molecular weight excluding hydrogens is 322 g/mol. The van der Waals surface area contributed by atoms with E-state index in [-0.39, 0.29) is 24.5 Å². The molecule has 0 fully saturated rings. The molecule has 24 heavy (non-hydrogen) atoms. The lowest BCUT2D eigenvalue weighted by molar-refractivity contribution is -0.121. The molecule has 0 atom stereocenters. The molecule has 1 amide bonds. The number of rotatable bonds is 7. The number of nitrogens with one attached hydrogen (secondary N) is 1. The smallest absolute Gasteiger partial charge is 0.220 e. The summed E-state index contributed by atoms with van der Waals surface area (Å²) < 4.78 is 1.77. The number of thiophene rings is 1. The second kappa shape index (κ2) is 7.70. The molecule has 1 N–H and O–H groups in total. The molecule has 3 aromatic rings. The zero-order valence-corrected chi connectivity index (χ0v) is 13.8. The molecule has 1 aromatic carbocycles. The summed E-state index contributed by atoms with van der Waals surface area (Å²) in [5.74, 6) is -0.121. The Kier molecular flexibility index (Phi) is 5.18. The summed E-state index contributed by atoms with van der Waals surface area (Å²) >= 11 is 1.40. The summed E-state index contributed by atoms with van der Waals surface area (Å²) in [5, 5.41) is 8.97. The van der Waals surface area contributed by atoms with E-state index in [9.17, 15) is 9.59 Å². The van der Waals surface area contributed by atoms with Crippen LogP contribution in [0.3, 0.4) is 0 Å². The highest BCUT2D eigenvalue weighted by Crippen LogP contribution is 2.12. The predicted octanol–water partition coefficient (Wildman–Crippen LogP) is 3.21. The van der Waals surface area contributed by atoms with Gasteiger partial charge >= 0.3 is 0 Å². The standard InChI is InChI=1S/C18H17N3O2S/c22-16(17-7-4-10-24-17)8-9-18(23)19-11-14-12-20-21(13-14)15-5-2-1-3-6-15/h1-7,10,12-13H,8-9,11H2,(H,19,23). The van der Waals surface area contributed by atoms with Crippen LogP contribution in [0.15, 0.2) is 60.2 Å². The maximum Gasteiger partial charge on any atom is 0.220 e. The second-order valence-electron chi connectivity index (χ2n) is 5.31. The summed E-state index contributed by atoms with van der Waals surface area (Å²) in [6.45, 7) is 0.402. The molecule has 0 unspecified atom stereocenters. The SMILES string of the molecule is O=C(CCC(=O)c1cccs1)NCc1cnn(-c2ccccc2)c1. The Hall–Kier alpha value is -2.73. The van der Waals surface area contributed by atoms with Gasteiger partial charge in [0, 0.05) is 31.1 Å². The zero-order chi connectivity index (χ0) is 16.8. The highest BCUT2D eigenvalue weighted by molar-refractivity contribution is 7.12. The first-order valence-electron chi connectivity index (χ1n) is 7.65. The first kappa shape index (κ1) is 16.1. The van der Waals surface area contributed by atoms with Crippen LogP contribution in [0.4, 0.5) is 0 Å². The lowest BCUT2D eigenvalue weighted by Crippen LogP contribution is -2.23. The van der Waals surface area contributed by atoms with Crippen LogP contribution >= 0.6 is 11.3 Å². The topological polar surface area (TPSA) is 64.0 Å². The maximum absolute atomic E-state index is 11.9. The number of para-hydroxylation sites is 1. The molecule has 0 aliphatic heterocycles. The number of ketones is 1. The molecule has 0 saturated carbocycles. The third kappa shape index (κ3) is 4.17. The number of hydrogen-bond donors (Lipinski definition) is 1. The summed E-state index contributed by atoms with van der Waals surface area (Å²) in [7, 11) is 0. The number of benzene rings is 1. The van der Waals surface area contributed by atoms with Crippen molar-refractivity contribution in [3.63, 3.8) is 0 Å². The number of carbonyl (C=O) groups is 2. The van der Waals surface area contributed by atoms with Crippen LogP contribution in [0.1, 0.15) is 28.1 Å². The molecule has 2 heterocycles. The van der Waals surface area contributed by atoms with Crippen molar-refractivity contribution in [2.75, 3.05) is 0 Å². The van der Waals surface area contributed by atoms with Crippen molar-refractivity contribution in [1.82, 2.24) is 15.1 Å². The number of carbonyl (C=O) groups excluding carboxylic acids is 2. The molecule has 122 valence electrons. The molecule has 2 aromatic heterocycles. The van der Waals surface area contributed by atoms with Gasteiger partial charge in [0.1, 0.15) is 0 Å². The van der Waals surface area contributed by atoms with E-state index in [1.807, 2.05) is 48.0 Å². The fraction of sp³-hybridized carbons (Fsp3) is 0.167. The fourth-order valence-electron chi connectivity index (χ4n) is 2.25. The lowest BCUT2D eigenvalue weighted by atomic mass is 10.2. The van der Waals surface area contributed by atoms with Crippen LogP contribution in [0.25, 0.3) is 5.69 Å². The van der Waals surface area contributed by atoms with Crippen LogP contribution in [-0.2, 0) is 11.3 Å². The van der Waals surface area contributed by atoms with Crippen molar-refractivity contribution in [3.05, 3.63) is 70.7 Å². The highest BCUT2D eigenvalue weighted by atomic mass is 32.1. The molecule has 0 spiro atoms. The summed E-state index contributed by atoms with van der Waals surface area (Å²) in [5.41, 5.74) is 1.88. The van der Waals surface area contributed by atoms with Crippen molar-refractivity contribution in [2.24, 2.45) is 0 Å². The van der Waals surface area contributed by atoms with Crippen molar-refractivity contribution in [2.45, 2.75) is 19.4 Å². The minimum absolute atomic E-state index is 0.0112. The Balaban J connectivity index is 1.46. The van der Waals surface area contributed by atoms with Gasteiger partial charge in [-0.3, -0.25) is 9.59 Å². The van der Waals surface area contributed by atoms with E-state index in [2.05, 4.69) is 10.4 Å². The molecule has 0 aliphatic rings. The molecule has 0 radical (unpaired) electrons. The molecule has 6 heteroatoms. The molecule has 0 aliphatic carbocycles. The van der Waals surface area contributed by atoms with E-state index in [1.165, 1.54) is 11.3 Å². The average molecular weight is 339 g/mol. The minimum Gasteiger partial charge on any atom is -0.352 e. The average Bonchev–Trinajstić information content (AvgIpc) is 3.30. The van der Waals surface area contributed by atoms with Gasteiger partial charge in [-0.2, -0.15) is 5.10 Å². The number of hydrogen-bond acceptors (Lipinski definition) is 4. The monoisotopic (exact) mass is 339 g/mol. The summed E-state index contributed by atoms with van der Waals surface area (Å²) in [6, 6.07) is 13.4. The van der Waals surface area contributed by atoms with Gasteiger partial charge in [0.05, 0.1) is 16.8 Å². The first-order valence-corrected chi connectivity index (χ1v) is 8.53. The number of nitrogens with zero attached hydrogens (tertiary/aromatic N) is 2. The molecule has 3 rings (SSSR count). The Morgan fingerprint density at radius 3 is 2.67 bits per heavy atom. The van der Waals surface area contributed by atoms with Gasteiger partial charge in [0.15, 0.2) is 5.78 Å². The van der Waals surface area contributed by atoms with Crippen LogP contribution in [-0.4, -0.2) is 21.5 Å². The Bertz CT molecular complexity index is 810. The van der Waals surface area contributed by atoms with Gasteiger partial charge in [-0.1, -0.05) is 24.3 Å². The summed E-state index contributed by atoms with van der Waals surface area (Å²) in [6.07, 6.45) is 4.04. The van der Waals surface area contributed by atoms with Gasteiger partial charge in [-0.25, -0.2) is 4.68 Å². The second-order valence-corrected chi connectivity index (χ2v) is 6.25. The Labute approximate surface area is 143 Å². The van der Waals surface area contributed by atoms with Gasteiger partial charge < -0.3 is 5.32 Å². The van der Waals surface area contributed by atoms with Gasteiger partial charge in [-0.15, -0.1) is 11.3 Å². The quantitative estimate of drug-likeness (QED) is 0.672. The van der Waals surface area contributed by atoms with Crippen LogP contribution in [0.5, 0.6) is 0 Å². The zero-order valence-electron chi connectivity index (χ0n) is 13.0. The largest absolute Gasteiger partial charge is 0.352 e. The third-order valence-electron chi connectivity index (χ3n) is 3.52. The number of aromatic nitrogens is 2. The Morgan fingerprint density at radius 1 is 1.08 bits per heavy atom. The third-order valence-corrected chi connectivity index (χ3v) is 4.43. The van der Waals surface area contributed by atoms with Crippen molar-refractivity contribution in [1.29, 1.82) is 0 Å². The van der Waals surface area contributed by atoms with E-state index in [0.29, 0.717) is 11.4 Å². The van der Waals surface area contributed by atoms with E-state index in [4.69, 9.17) is 0 Å². The fourth-order valence-corrected chi connectivity index (χ4v) is 2.94. The van der Waals surface area contributed by atoms with Crippen LogP contribution in [0.2, 0.25) is 0 Å². The first-order chi connectivity index (χ1) is 11.7. The van der Waals surface area contributed by atoms with Crippen LogP contribution in [0, 0.1) is 0 Å². The van der Waals surface area contributed by atoms with Crippen molar-refractivity contribution < 1.29 is 9.59 Å². The molecule has 5 nitrogen and oxygen atoms in total. The normalized spacial score (nSPS) is 10.5. The van der Waals surface area contributed by atoms with Gasteiger partial charge in [0.25, 0.3) is 0 Å².